The molecule has 3 rings (SSSR count). The Kier molecular flexibility index (Phi) is 5.88. The first-order chi connectivity index (χ1) is 13.2. The number of methoxy groups -OCH3 is 1. The molecule has 0 atom stereocenters. The summed E-state index contributed by atoms with van der Waals surface area (Å²) >= 11 is 0. The molecule has 0 fully saturated rings. The smallest absolute Gasteiger partial charge is 0.260 e. The molecule has 0 radical (unpaired) electrons. The number of nitrogens with two attached hydrogens (primary N) is 1. The molecule has 0 aliphatic carbocycles. The number of carbonyl (C=O) groups excluding carboxylic acids is 1. The highest BCUT2D eigenvalue weighted by Gasteiger charge is 2.12. The zero-order valence-corrected chi connectivity index (χ0v) is 14.8. The third-order valence-electron chi connectivity index (χ3n) is 3.77. The lowest BCUT2D eigenvalue weighted by Gasteiger charge is -2.12. The molecule has 0 aliphatic heterocycles. The number of nitrogen functional groups attached to an aromatic ring is 1. The number of nitrogens with zero attached hydrogens (tertiary/aromatic N) is 2. The molecule has 3 aromatic rings. The molecular weight excluding hydrogens is 348 g/mol. The molecule has 0 saturated heterocycles. The van der Waals surface area contributed by atoms with Crippen molar-refractivity contribution >= 4 is 11.9 Å². The van der Waals surface area contributed by atoms with Gasteiger partial charge in [0.25, 0.3) is 11.9 Å². The fourth-order valence-corrected chi connectivity index (χ4v) is 2.42. The molecule has 3 N–H and O–H groups in total. The summed E-state index contributed by atoms with van der Waals surface area (Å²) in [5, 5.41) is 6.27. The van der Waals surface area contributed by atoms with E-state index in [2.05, 4.69) is 15.5 Å². The van der Waals surface area contributed by atoms with Crippen molar-refractivity contribution in [1.82, 2.24) is 15.5 Å². The summed E-state index contributed by atoms with van der Waals surface area (Å²) in [6.07, 6.45) is 0.394. The Bertz CT molecular complexity index is 896. The Balaban J connectivity index is 1.58. The van der Waals surface area contributed by atoms with E-state index < -0.39 is 0 Å². The van der Waals surface area contributed by atoms with Gasteiger partial charge in [-0.1, -0.05) is 30.3 Å². The second-order valence-electron chi connectivity index (χ2n) is 5.69. The number of nitrogens with one attached hydrogen (secondary N) is 1. The number of ether oxygens (including phenoxy) is 2. The average molecular weight is 368 g/mol. The lowest BCUT2D eigenvalue weighted by atomic mass is 10.2. The Morgan fingerprint density at radius 1 is 1.19 bits per heavy atom. The van der Waals surface area contributed by atoms with Gasteiger partial charge < -0.3 is 25.0 Å². The van der Waals surface area contributed by atoms with Crippen LogP contribution in [-0.2, 0) is 13.0 Å². The molecule has 8 nitrogen and oxygen atoms in total. The highest BCUT2D eigenvalue weighted by molar-refractivity contribution is 5.94. The maximum atomic E-state index is 12.3. The van der Waals surface area contributed by atoms with Gasteiger partial charge in [-0.3, -0.25) is 4.79 Å². The van der Waals surface area contributed by atoms with E-state index in [1.165, 1.54) is 7.11 Å². The van der Waals surface area contributed by atoms with Crippen molar-refractivity contribution < 1.29 is 18.8 Å². The van der Waals surface area contributed by atoms with Crippen LogP contribution in [0.4, 0.5) is 5.95 Å². The van der Waals surface area contributed by atoms with Crippen LogP contribution in [0.2, 0.25) is 0 Å². The monoisotopic (exact) mass is 368 g/mol. The number of benzene rings is 2. The van der Waals surface area contributed by atoms with Crippen molar-refractivity contribution in [3.05, 3.63) is 65.5 Å². The van der Waals surface area contributed by atoms with Crippen LogP contribution < -0.4 is 20.5 Å². The molecule has 140 valence electrons. The molecule has 1 aromatic heterocycles. The standard InChI is InChI=1S/C19H20N4O4/c1-25-16-11-14(18(24)21-10-9-17-22-19(20)23-27-17)7-8-15(16)26-12-13-5-3-2-4-6-13/h2-8,11H,9-10,12H2,1H3,(H2,20,23)(H,21,24). The van der Waals surface area contributed by atoms with Crippen molar-refractivity contribution in [3.63, 3.8) is 0 Å². The molecule has 0 spiro atoms. The predicted octanol–water partition coefficient (Wildman–Crippen LogP) is 2.21. The summed E-state index contributed by atoms with van der Waals surface area (Å²) in [4.78, 5) is 16.2. The summed E-state index contributed by atoms with van der Waals surface area (Å²) in [6.45, 7) is 0.755. The summed E-state index contributed by atoms with van der Waals surface area (Å²) in [6, 6.07) is 14.8. The van der Waals surface area contributed by atoms with E-state index >= 15 is 0 Å². The van der Waals surface area contributed by atoms with E-state index in [1.807, 2.05) is 30.3 Å². The largest absolute Gasteiger partial charge is 0.493 e. The second-order valence-corrected chi connectivity index (χ2v) is 5.69. The molecule has 27 heavy (non-hydrogen) atoms. The Morgan fingerprint density at radius 2 is 2.00 bits per heavy atom. The van der Waals surface area contributed by atoms with Gasteiger partial charge in [0, 0.05) is 18.5 Å². The Labute approximate surface area is 156 Å². The molecule has 0 bridgehead atoms. The van der Waals surface area contributed by atoms with Gasteiger partial charge in [0.1, 0.15) is 6.61 Å². The van der Waals surface area contributed by atoms with Crippen LogP contribution in [-0.4, -0.2) is 29.7 Å². The van der Waals surface area contributed by atoms with Crippen LogP contribution in [0, 0.1) is 0 Å². The van der Waals surface area contributed by atoms with Crippen LogP contribution in [0.15, 0.2) is 53.1 Å². The molecule has 2 aromatic carbocycles. The van der Waals surface area contributed by atoms with Gasteiger partial charge >= 0.3 is 0 Å². The van der Waals surface area contributed by atoms with Crippen LogP contribution in [0.3, 0.4) is 0 Å². The number of anilines is 1. The Hall–Kier alpha value is -3.55. The van der Waals surface area contributed by atoms with Crippen molar-refractivity contribution in [3.8, 4) is 11.5 Å². The zero-order valence-electron chi connectivity index (χ0n) is 14.8. The van der Waals surface area contributed by atoms with Crippen molar-refractivity contribution in [2.75, 3.05) is 19.4 Å². The third-order valence-corrected chi connectivity index (χ3v) is 3.77. The van der Waals surface area contributed by atoms with Crippen molar-refractivity contribution in [2.45, 2.75) is 13.0 Å². The number of aromatic nitrogens is 2. The number of rotatable bonds is 8. The first kappa shape index (κ1) is 18.2. The van der Waals surface area contributed by atoms with Crippen molar-refractivity contribution in [2.24, 2.45) is 0 Å². The van der Waals surface area contributed by atoms with Gasteiger partial charge in [0.15, 0.2) is 11.5 Å². The topological polar surface area (TPSA) is 112 Å². The fraction of sp³-hybridized carbons (Fsp3) is 0.211. The fourth-order valence-electron chi connectivity index (χ4n) is 2.42. The lowest BCUT2D eigenvalue weighted by Crippen LogP contribution is -2.25. The molecule has 1 amide bonds. The summed E-state index contributed by atoms with van der Waals surface area (Å²) in [7, 11) is 1.53. The van der Waals surface area contributed by atoms with Crippen LogP contribution in [0.25, 0.3) is 0 Å². The summed E-state index contributed by atoms with van der Waals surface area (Å²) < 4.78 is 16.0. The van der Waals surface area contributed by atoms with Crippen LogP contribution >= 0.6 is 0 Å². The van der Waals surface area contributed by atoms with Gasteiger partial charge in [-0.05, 0) is 28.9 Å². The molecule has 8 heteroatoms. The normalized spacial score (nSPS) is 10.4. The van der Waals surface area contributed by atoms with E-state index in [9.17, 15) is 4.79 Å². The van der Waals surface area contributed by atoms with E-state index in [0.717, 1.165) is 5.56 Å². The molecule has 0 unspecified atom stereocenters. The third kappa shape index (κ3) is 4.97. The molecular formula is C19H20N4O4. The summed E-state index contributed by atoms with van der Waals surface area (Å²) in [5.74, 6) is 1.26. The summed E-state index contributed by atoms with van der Waals surface area (Å²) in [5.41, 5.74) is 6.89. The highest BCUT2D eigenvalue weighted by atomic mass is 16.5. The number of amides is 1. The maximum absolute atomic E-state index is 12.3. The van der Waals surface area contributed by atoms with E-state index in [4.69, 9.17) is 19.7 Å². The van der Waals surface area contributed by atoms with Gasteiger partial charge in [-0.25, -0.2) is 0 Å². The van der Waals surface area contributed by atoms with E-state index in [0.29, 0.717) is 42.5 Å². The first-order valence-electron chi connectivity index (χ1n) is 8.36. The average Bonchev–Trinajstić information content (AvgIpc) is 3.12. The maximum Gasteiger partial charge on any atom is 0.260 e. The van der Waals surface area contributed by atoms with Gasteiger partial charge in [0.05, 0.1) is 7.11 Å². The minimum Gasteiger partial charge on any atom is -0.493 e. The Morgan fingerprint density at radius 3 is 2.70 bits per heavy atom. The second kappa shape index (κ2) is 8.70. The lowest BCUT2D eigenvalue weighted by molar-refractivity contribution is 0.0953. The zero-order chi connectivity index (χ0) is 19.1. The minimum absolute atomic E-state index is 0.0761. The predicted molar refractivity (Wildman–Crippen MR) is 98.5 cm³/mol. The minimum atomic E-state index is -0.240. The van der Waals surface area contributed by atoms with E-state index in [-0.39, 0.29) is 11.9 Å². The van der Waals surface area contributed by atoms with Crippen LogP contribution in [0.5, 0.6) is 11.5 Å². The highest BCUT2D eigenvalue weighted by Crippen LogP contribution is 2.28. The molecule has 0 aliphatic rings. The molecule has 1 heterocycles. The number of hydrogen-bond donors (Lipinski definition) is 2. The quantitative estimate of drug-likeness (QED) is 0.627. The van der Waals surface area contributed by atoms with Gasteiger partial charge in [-0.2, -0.15) is 4.98 Å². The SMILES string of the molecule is COc1cc(C(=O)NCCc2nc(N)no2)ccc1OCc1ccccc1. The number of hydrogen-bond acceptors (Lipinski definition) is 7. The van der Waals surface area contributed by atoms with Gasteiger partial charge in [-0.15, -0.1) is 0 Å². The molecule has 0 saturated carbocycles. The van der Waals surface area contributed by atoms with Crippen molar-refractivity contribution in [1.29, 1.82) is 0 Å². The van der Waals surface area contributed by atoms with Gasteiger partial charge in [0.2, 0.25) is 5.89 Å². The van der Waals surface area contributed by atoms with Crippen LogP contribution in [0.1, 0.15) is 21.8 Å². The first-order valence-corrected chi connectivity index (χ1v) is 8.36. The number of carbonyl (C=O) groups is 1. The van der Waals surface area contributed by atoms with E-state index in [1.54, 1.807) is 18.2 Å².